The van der Waals surface area contributed by atoms with E-state index >= 15 is 0 Å². The first-order valence-electron chi connectivity index (χ1n) is 10.2. The van der Waals surface area contributed by atoms with E-state index in [2.05, 4.69) is 32.9 Å². The van der Waals surface area contributed by atoms with Gasteiger partial charge in [-0.15, -0.1) is 0 Å². The molecule has 1 rings (SSSR count). The van der Waals surface area contributed by atoms with E-state index in [1.54, 1.807) is 0 Å². The Kier molecular flexibility index (Phi) is 15.1. The number of ether oxygens (including phenoxy) is 3. The fourth-order valence-corrected chi connectivity index (χ4v) is 3.17. The van der Waals surface area contributed by atoms with Crippen molar-refractivity contribution in [2.45, 2.75) is 51.1 Å². The van der Waals surface area contributed by atoms with E-state index in [0.29, 0.717) is 71.2 Å². The second kappa shape index (κ2) is 17.2. The Labute approximate surface area is 178 Å². The Balaban J connectivity index is 1.79. The molecule has 0 aromatic carbocycles. The average molecular weight is 431 g/mol. The minimum Gasteiger partial charge on any atom is -0.379 e. The van der Waals surface area contributed by atoms with Crippen LogP contribution in [0.1, 0.15) is 39.0 Å². The second-order valence-electron chi connectivity index (χ2n) is 6.75. The predicted molar refractivity (Wildman–Crippen MR) is 115 cm³/mol. The van der Waals surface area contributed by atoms with Crippen molar-refractivity contribution < 1.29 is 19.0 Å². The number of rotatable bonds is 18. The number of nitrogens with one attached hydrogen (secondary N) is 3. The lowest BCUT2D eigenvalue weighted by Gasteiger charge is -2.14. The summed E-state index contributed by atoms with van der Waals surface area (Å²) in [6.45, 7) is 5.70. The highest BCUT2D eigenvalue weighted by atomic mass is 32.1. The molecule has 2 atom stereocenters. The first-order chi connectivity index (χ1) is 14.1. The molecule has 1 aliphatic rings. The summed E-state index contributed by atoms with van der Waals surface area (Å²) in [5.41, 5.74) is 8.10. The maximum atomic E-state index is 11.8. The number of carbonyl (C=O) groups is 1. The molecule has 1 saturated heterocycles. The van der Waals surface area contributed by atoms with Gasteiger partial charge >= 0.3 is 0 Å². The third-order valence-electron chi connectivity index (χ3n) is 4.41. The number of hydrogen-bond acceptors (Lipinski definition) is 6. The van der Waals surface area contributed by atoms with Gasteiger partial charge in [0.2, 0.25) is 5.91 Å². The van der Waals surface area contributed by atoms with Gasteiger partial charge in [-0.05, 0) is 37.5 Å². The normalized spacial score (nSPS) is 18.0. The molecule has 1 aliphatic heterocycles. The van der Waals surface area contributed by atoms with Crippen LogP contribution in [0.2, 0.25) is 0 Å². The molecule has 1 amide bonds. The van der Waals surface area contributed by atoms with Crippen LogP contribution in [0.25, 0.3) is 10.4 Å². The van der Waals surface area contributed by atoms with Gasteiger partial charge in [0.25, 0.3) is 0 Å². The van der Waals surface area contributed by atoms with Crippen molar-refractivity contribution in [3.8, 4) is 0 Å². The average Bonchev–Trinajstić information content (AvgIpc) is 3.02. The summed E-state index contributed by atoms with van der Waals surface area (Å²) in [7, 11) is 0. The third kappa shape index (κ3) is 14.0. The quantitative estimate of drug-likeness (QED) is 0.0991. The highest BCUT2D eigenvalue weighted by Gasteiger charge is 2.24. The van der Waals surface area contributed by atoms with Gasteiger partial charge in [0.1, 0.15) is 0 Å². The third-order valence-corrected chi connectivity index (χ3v) is 4.64. The van der Waals surface area contributed by atoms with Gasteiger partial charge in [-0.25, -0.2) is 0 Å². The zero-order chi connectivity index (χ0) is 21.2. The molecule has 11 heteroatoms. The molecule has 0 bridgehead atoms. The molecule has 29 heavy (non-hydrogen) atoms. The summed E-state index contributed by atoms with van der Waals surface area (Å²) in [6, 6.07) is 0.772. The van der Waals surface area contributed by atoms with Crippen LogP contribution in [0, 0.1) is 0 Å². The van der Waals surface area contributed by atoms with Gasteiger partial charge in [0.05, 0.1) is 39.6 Å². The van der Waals surface area contributed by atoms with E-state index in [1.165, 1.54) is 0 Å². The first-order valence-corrected chi connectivity index (χ1v) is 10.6. The molecular weight excluding hydrogens is 396 g/mol. The maximum Gasteiger partial charge on any atom is 0.220 e. The number of unbranched alkanes of at least 4 members (excludes halogenated alkanes) is 2. The highest BCUT2D eigenvalue weighted by molar-refractivity contribution is 7.80. The zero-order valence-electron chi connectivity index (χ0n) is 17.2. The molecule has 10 nitrogen and oxygen atoms in total. The highest BCUT2D eigenvalue weighted by Crippen LogP contribution is 2.11. The van der Waals surface area contributed by atoms with Crippen LogP contribution in [0.4, 0.5) is 0 Å². The summed E-state index contributed by atoms with van der Waals surface area (Å²) < 4.78 is 15.9. The fourth-order valence-electron chi connectivity index (χ4n) is 2.83. The summed E-state index contributed by atoms with van der Waals surface area (Å²) >= 11 is 5.11. The van der Waals surface area contributed by atoms with Crippen LogP contribution >= 0.6 is 12.2 Å². The van der Waals surface area contributed by atoms with Crippen molar-refractivity contribution in [3.63, 3.8) is 0 Å². The zero-order valence-corrected chi connectivity index (χ0v) is 18.0. The lowest BCUT2D eigenvalue weighted by atomic mass is 10.0. The summed E-state index contributed by atoms with van der Waals surface area (Å²) in [4.78, 5) is 14.4. The molecule has 0 aromatic rings. The topological polar surface area (TPSA) is 130 Å². The number of nitrogens with zero attached hydrogens (tertiary/aromatic N) is 3. The fraction of sp³-hybridized carbons (Fsp3) is 0.889. The largest absolute Gasteiger partial charge is 0.379 e. The van der Waals surface area contributed by atoms with Crippen LogP contribution in [0.15, 0.2) is 5.11 Å². The van der Waals surface area contributed by atoms with E-state index in [0.717, 1.165) is 30.8 Å². The van der Waals surface area contributed by atoms with Crippen molar-refractivity contribution in [2.24, 2.45) is 5.11 Å². The molecule has 0 spiro atoms. The molecule has 0 unspecified atom stereocenters. The Bertz CT molecular complexity index is 519. The molecule has 0 saturated carbocycles. The van der Waals surface area contributed by atoms with E-state index in [-0.39, 0.29) is 5.91 Å². The summed E-state index contributed by atoms with van der Waals surface area (Å²) in [6.07, 6.45) is 4.63. The molecule has 0 aliphatic carbocycles. The summed E-state index contributed by atoms with van der Waals surface area (Å²) in [5, 5.41) is 13.4. The molecule has 3 N–H and O–H groups in total. The molecule has 1 fully saturated rings. The Hall–Kier alpha value is -1.65. The van der Waals surface area contributed by atoms with Crippen LogP contribution in [0.3, 0.4) is 0 Å². The van der Waals surface area contributed by atoms with Crippen LogP contribution in [0.5, 0.6) is 0 Å². The molecule has 0 radical (unpaired) electrons. The van der Waals surface area contributed by atoms with Crippen molar-refractivity contribution in [3.05, 3.63) is 10.4 Å². The van der Waals surface area contributed by atoms with Crippen molar-refractivity contribution in [1.29, 1.82) is 0 Å². The van der Waals surface area contributed by atoms with Crippen LogP contribution in [-0.2, 0) is 19.0 Å². The first kappa shape index (κ1) is 25.4. The maximum absolute atomic E-state index is 11.8. The standard InChI is InChI=1S/C18H34N6O4S/c1-15-16(23-18(29)22-15)5-3-2-4-6-17(25)20-7-9-26-11-13-28-14-12-27-10-8-21-24-19/h15-16H,2-14H2,1H3,(H,20,25)(H2,22,23,29)/t15-,16+/m0/s1. The predicted octanol–water partition coefficient (Wildman–Crippen LogP) is 1.65. The van der Waals surface area contributed by atoms with E-state index < -0.39 is 0 Å². The Morgan fingerprint density at radius 1 is 1.10 bits per heavy atom. The minimum atomic E-state index is 0.0675. The molecule has 0 aromatic heterocycles. The number of hydrogen-bond donors (Lipinski definition) is 3. The molecular formula is C18H34N6O4S. The second-order valence-corrected chi connectivity index (χ2v) is 7.16. The monoisotopic (exact) mass is 430 g/mol. The van der Waals surface area contributed by atoms with E-state index in [4.69, 9.17) is 32.0 Å². The number of carbonyl (C=O) groups excluding carboxylic acids is 1. The number of azide groups is 1. The van der Waals surface area contributed by atoms with Crippen molar-refractivity contribution in [1.82, 2.24) is 16.0 Å². The lowest BCUT2D eigenvalue weighted by Crippen LogP contribution is -2.30. The SMILES string of the molecule is C[C@@H]1NC(=S)N[C@@H]1CCCCCC(=O)NCCOCCOCCOCCN=[N+]=[N-]. The smallest absolute Gasteiger partial charge is 0.220 e. The minimum absolute atomic E-state index is 0.0675. The molecule has 166 valence electrons. The van der Waals surface area contributed by atoms with Gasteiger partial charge in [-0.3, -0.25) is 4.79 Å². The van der Waals surface area contributed by atoms with E-state index in [1.807, 2.05) is 0 Å². The van der Waals surface area contributed by atoms with Crippen LogP contribution < -0.4 is 16.0 Å². The van der Waals surface area contributed by atoms with Gasteiger partial charge in [0, 0.05) is 36.5 Å². The Morgan fingerprint density at radius 2 is 1.79 bits per heavy atom. The van der Waals surface area contributed by atoms with Gasteiger partial charge in [0.15, 0.2) is 5.11 Å². The van der Waals surface area contributed by atoms with Crippen molar-refractivity contribution >= 4 is 23.2 Å². The lowest BCUT2D eigenvalue weighted by molar-refractivity contribution is -0.121. The van der Waals surface area contributed by atoms with Gasteiger partial charge < -0.3 is 30.2 Å². The Morgan fingerprint density at radius 3 is 2.45 bits per heavy atom. The van der Waals surface area contributed by atoms with Gasteiger partial charge in [-0.1, -0.05) is 18.0 Å². The molecule has 1 heterocycles. The van der Waals surface area contributed by atoms with Crippen LogP contribution in [-0.4, -0.2) is 75.8 Å². The number of amides is 1. The van der Waals surface area contributed by atoms with Gasteiger partial charge in [-0.2, -0.15) is 0 Å². The van der Waals surface area contributed by atoms with E-state index in [9.17, 15) is 4.79 Å². The summed E-state index contributed by atoms with van der Waals surface area (Å²) in [5.74, 6) is 0.0675. The number of thiocarbonyl (C=S) groups is 1. The van der Waals surface area contributed by atoms with Crippen molar-refractivity contribution in [2.75, 3.05) is 52.7 Å².